The lowest BCUT2D eigenvalue weighted by molar-refractivity contribution is -0.130. The van der Waals surface area contributed by atoms with Crippen LogP contribution in [0.2, 0.25) is 5.02 Å². The van der Waals surface area contributed by atoms with Crippen LogP contribution < -0.4 is 21.3 Å². The SMILES string of the molecule is Cc1c(Cl)ccc2c1NC(=O)[C@]21N[C@@H](CCC(N)=O)[C@H]2C(=O)N(c3sc4c(c3C#N)CCCC4)C(=O)[C@H]21. The van der Waals surface area contributed by atoms with Crippen molar-refractivity contribution in [3.05, 3.63) is 44.3 Å². The van der Waals surface area contributed by atoms with Crippen LogP contribution in [-0.4, -0.2) is 29.7 Å². The Kier molecular flexibility index (Phi) is 5.46. The smallest absolute Gasteiger partial charge is 0.250 e. The van der Waals surface area contributed by atoms with Gasteiger partial charge in [-0.25, -0.2) is 4.90 Å². The van der Waals surface area contributed by atoms with E-state index in [0.717, 1.165) is 41.0 Å². The van der Waals surface area contributed by atoms with E-state index in [2.05, 4.69) is 16.7 Å². The molecule has 9 nitrogen and oxygen atoms in total. The van der Waals surface area contributed by atoms with Crippen molar-refractivity contribution in [2.24, 2.45) is 17.6 Å². The molecule has 4 N–H and O–H groups in total. The van der Waals surface area contributed by atoms with Gasteiger partial charge in [0.2, 0.25) is 23.6 Å². The number of fused-ring (bicyclic) bond motifs is 5. The van der Waals surface area contributed by atoms with E-state index in [-0.39, 0.29) is 12.8 Å². The number of imide groups is 1. The average molecular weight is 538 g/mol. The molecule has 11 heteroatoms. The molecule has 0 saturated carbocycles. The fourth-order valence-corrected chi connectivity index (χ4v) is 8.07. The van der Waals surface area contributed by atoms with Gasteiger partial charge in [-0.1, -0.05) is 17.7 Å². The first-order valence-corrected chi connectivity index (χ1v) is 13.5. The van der Waals surface area contributed by atoms with Crippen LogP contribution in [0, 0.1) is 30.1 Å². The van der Waals surface area contributed by atoms with Crippen LogP contribution in [0.25, 0.3) is 0 Å². The molecule has 2 saturated heterocycles. The number of nitriles is 1. The monoisotopic (exact) mass is 537 g/mol. The number of carbonyl (C=O) groups is 4. The Morgan fingerprint density at radius 3 is 2.76 bits per heavy atom. The first kappa shape index (κ1) is 24.1. The molecule has 1 aromatic carbocycles. The number of thiophene rings is 1. The van der Waals surface area contributed by atoms with Gasteiger partial charge in [-0.15, -0.1) is 11.3 Å². The maximum Gasteiger partial charge on any atom is 0.250 e. The van der Waals surface area contributed by atoms with Gasteiger partial charge in [0.05, 0.1) is 23.1 Å². The second kappa shape index (κ2) is 8.38. The number of nitrogens with two attached hydrogens (primary N) is 1. The third-order valence-electron chi connectivity index (χ3n) is 8.25. The zero-order valence-electron chi connectivity index (χ0n) is 20.0. The first-order valence-electron chi connectivity index (χ1n) is 12.3. The van der Waals surface area contributed by atoms with E-state index in [1.54, 1.807) is 19.1 Å². The number of rotatable bonds is 4. The molecule has 190 valence electrons. The number of halogens is 1. The van der Waals surface area contributed by atoms with Crippen molar-refractivity contribution >= 4 is 57.3 Å². The summed E-state index contributed by atoms with van der Waals surface area (Å²) < 4.78 is 0. The number of aryl methyl sites for hydroxylation is 1. The molecule has 2 aromatic rings. The highest BCUT2D eigenvalue weighted by Crippen LogP contribution is 2.56. The molecule has 4 aliphatic rings. The minimum absolute atomic E-state index is 0.0106. The molecule has 6 rings (SSSR count). The van der Waals surface area contributed by atoms with E-state index in [4.69, 9.17) is 17.3 Å². The van der Waals surface area contributed by atoms with Crippen molar-refractivity contribution in [2.75, 3.05) is 10.2 Å². The second-order valence-corrected chi connectivity index (χ2v) is 11.6. The molecule has 1 aromatic heterocycles. The van der Waals surface area contributed by atoms with Crippen LogP contribution in [0.5, 0.6) is 0 Å². The Hall–Kier alpha value is -3.26. The standard InChI is InChI=1S/C26H24ClN5O4S/c1-11-15(27)7-6-14-21(11)30-25(36)26(14)20-19(16(31-26)8-9-18(29)33)22(34)32(23(20)35)24-13(10-28)12-4-2-3-5-17(12)37-24/h6-7,16,19-20,31H,2-5,8-9H2,1H3,(H2,29,33)(H,30,36)/t16-,19+,20-,26-/m0/s1. The first-order chi connectivity index (χ1) is 17.7. The van der Waals surface area contributed by atoms with E-state index in [0.29, 0.717) is 32.4 Å². The van der Waals surface area contributed by atoms with Gasteiger partial charge in [0.1, 0.15) is 16.6 Å². The normalized spacial score (nSPS) is 27.8. The lowest BCUT2D eigenvalue weighted by Gasteiger charge is -2.29. The molecule has 4 heterocycles. The van der Waals surface area contributed by atoms with Gasteiger partial charge >= 0.3 is 0 Å². The quantitative estimate of drug-likeness (QED) is 0.511. The molecule has 1 spiro atoms. The largest absolute Gasteiger partial charge is 0.370 e. The van der Waals surface area contributed by atoms with Crippen LogP contribution in [0.4, 0.5) is 10.7 Å². The fourth-order valence-electron chi connectivity index (χ4n) is 6.56. The summed E-state index contributed by atoms with van der Waals surface area (Å²) in [5, 5.41) is 17.0. The maximum atomic E-state index is 14.2. The number of benzene rings is 1. The molecule has 4 amide bonds. The molecule has 0 bridgehead atoms. The molecule has 4 atom stereocenters. The summed E-state index contributed by atoms with van der Waals surface area (Å²) in [5.74, 6) is -3.91. The van der Waals surface area contributed by atoms with Crippen LogP contribution in [0.1, 0.15) is 52.8 Å². The minimum atomic E-state index is -1.51. The van der Waals surface area contributed by atoms with Crippen LogP contribution in [-0.2, 0) is 37.6 Å². The Bertz CT molecular complexity index is 1460. The summed E-state index contributed by atoms with van der Waals surface area (Å²) in [6.45, 7) is 1.78. The molecule has 37 heavy (non-hydrogen) atoms. The van der Waals surface area contributed by atoms with Gasteiger partial charge in [0.15, 0.2) is 0 Å². The van der Waals surface area contributed by atoms with Gasteiger partial charge < -0.3 is 11.1 Å². The van der Waals surface area contributed by atoms with Crippen molar-refractivity contribution in [1.82, 2.24) is 5.32 Å². The summed E-state index contributed by atoms with van der Waals surface area (Å²) in [6.07, 6.45) is 3.66. The lowest BCUT2D eigenvalue weighted by atomic mass is 9.76. The Labute approximate surface area is 221 Å². The van der Waals surface area contributed by atoms with Gasteiger partial charge in [0, 0.05) is 27.9 Å². The summed E-state index contributed by atoms with van der Waals surface area (Å²) in [6, 6.07) is 4.96. The highest BCUT2D eigenvalue weighted by molar-refractivity contribution is 7.17. The highest BCUT2D eigenvalue weighted by Gasteiger charge is 2.71. The number of nitrogens with one attached hydrogen (secondary N) is 2. The number of anilines is 2. The molecule has 3 aliphatic heterocycles. The van der Waals surface area contributed by atoms with Crippen molar-refractivity contribution in [3.8, 4) is 6.07 Å². The lowest BCUT2D eigenvalue weighted by Crippen LogP contribution is -2.53. The van der Waals surface area contributed by atoms with E-state index >= 15 is 0 Å². The molecule has 2 fully saturated rings. The third kappa shape index (κ3) is 3.17. The van der Waals surface area contributed by atoms with E-state index in [9.17, 15) is 24.4 Å². The van der Waals surface area contributed by atoms with Gasteiger partial charge in [-0.2, -0.15) is 5.26 Å². The van der Waals surface area contributed by atoms with Crippen LogP contribution in [0.15, 0.2) is 12.1 Å². The zero-order valence-corrected chi connectivity index (χ0v) is 21.6. The van der Waals surface area contributed by atoms with Gasteiger partial charge in [-0.05, 0) is 56.2 Å². The van der Waals surface area contributed by atoms with Crippen molar-refractivity contribution < 1.29 is 19.2 Å². The second-order valence-electron chi connectivity index (χ2n) is 10.1. The molecule has 0 radical (unpaired) electrons. The topological polar surface area (TPSA) is 145 Å². The maximum absolute atomic E-state index is 14.2. The summed E-state index contributed by atoms with van der Waals surface area (Å²) in [7, 11) is 0. The number of carbonyl (C=O) groups excluding carboxylic acids is 4. The van der Waals surface area contributed by atoms with Gasteiger partial charge in [0.25, 0.3) is 0 Å². The average Bonchev–Trinajstić information content (AvgIpc) is 3.56. The predicted octanol–water partition coefficient (Wildman–Crippen LogP) is 2.65. The molecule has 1 aliphatic carbocycles. The number of amides is 4. The number of hydrogen-bond donors (Lipinski definition) is 3. The summed E-state index contributed by atoms with van der Waals surface area (Å²) in [5.41, 5.74) is 6.91. The summed E-state index contributed by atoms with van der Waals surface area (Å²) in [4.78, 5) is 55.7. The fraction of sp³-hybridized carbons (Fsp3) is 0.423. The minimum Gasteiger partial charge on any atom is -0.370 e. The summed E-state index contributed by atoms with van der Waals surface area (Å²) >= 11 is 7.64. The number of hydrogen-bond acceptors (Lipinski definition) is 7. The molecular weight excluding hydrogens is 514 g/mol. The van der Waals surface area contributed by atoms with Crippen LogP contribution >= 0.6 is 22.9 Å². The van der Waals surface area contributed by atoms with Crippen molar-refractivity contribution in [3.63, 3.8) is 0 Å². The third-order valence-corrected chi connectivity index (χ3v) is 9.94. The Morgan fingerprint density at radius 2 is 2.03 bits per heavy atom. The van der Waals surface area contributed by atoms with Crippen molar-refractivity contribution in [2.45, 2.75) is 57.0 Å². The van der Waals surface area contributed by atoms with Crippen LogP contribution in [0.3, 0.4) is 0 Å². The van der Waals surface area contributed by atoms with Gasteiger partial charge in [-0.3, -0.25) is 24.5 Å². The number of nitrogens with zero attached hydrogens (tertiary/aromatic N) is 2. The Morgan fingerprint density at radius 1 is 1.27 bits per heavy atom. The molecular formula is C26H24ClN5O4S. The van der Waals surface area contributed by atoms with E-state index in [1.165, 1.54) is 11.3 Å². The van der Waals surface area contributed by atoms with E-state index in [1.807, 2.05) is 0 Å². The predicted molar refractivity (Wildman–Crippen MR) is 137 cm³/mol. The van der Waals surface area contributed by atoms with E-state index < -0.39 is 47.0 Å². The number of primary amides is 1. The van der Waals surface area contributed by atoms with Crippen molar-refractivity contribution in [1.29, 1.82) is 5.26 Å². The molecule has 0 unspecified atom stereocenters. The Balaban J connectivity index is 1.51. The highest BCUT2D eigenvalue weighted by atomic mass is 35.5. The zero-order chi connectivity index (χ0) is 26.2.